The normalized spacial score (nSPS) is 16.1. The lowest BCUT2D eigenvalue weighted by atomic mass is 10.1. The highest BCUT2D eigenvalue weighted by atomic mass is 79.9. The molecule has 1 saturated heterocycles. The third-order valence-electron chi connectivity index (χ3n) is 4.08. The summed E-state index contributed by atoms with van der Waals surface area (Å²) in [5, 5.41) is 4.50. The summed E-state index contributed by atoms with van der Waals surface area (Å²) in [7, 11) is 0. The Bertz CT molecular complexity index is 767. The summed E-state index contributed by atoms with van der Waals surface area (Å²) < 4.78 is 6.44. The molecule has 6 nitrogen and oxygen atoms in total. The lowest BCUT2D eigenvalue weighted by Gasteiger charge is -2.34. The molecule has 0 saturated carbocycles. The van der Waals surface area contributed by atoms with Crippen LogP contribution in [0.3, 0.4) is 0 Å². The maximum atomic E-state index is 12.1. The number of likely N-dealkylation sites (tertiary alicyclic amines) is 1. The molecule has 134 valence electrons. The number of hydrogen-bond acceptors (Lipinski definition) is 5. The topological polar surface area (TPSA) is 67.3 Å². The number of piperidine rings is 1. The Labute approximate surface area is 156 Å². The van der Waals surface area contributed by atoms with E-state index in [-0.39, 0.29) is 12.1 Å². The summed E-state index contributed by atoms with van der Waals surface area (Å²) in [6.45, 7) is 7.02. The molecule has 3 rings (SSSR count). The number of carbonyl (C=O) groups excluding carboxylic acids is 1. The van der Waals surface area contributed by atoms with E-state index in [4.69, 9.17) is 4.74 Å². The van der Waals surface area contributed by atoms with Crippen LogP contribution in [0.15, 0.2) is 29.0 Å². The minimum absolute atomic E-state index is 0.234. The highest BCUT2D eigenvalue weighted by Crippen LogP contribution is 2.25. The molecular formula is C18H23BrN4O2. The molecule has 0 bridgehead atoms. The van der Waals surface area contributed by atoms with Crippen molar-refractivity contribution in [3.05, 3.63) is 29.0 Å². The van der Waals surface area contributed by atoms with Crippen LogP contribution in [-0.4, -0.2) is 45.7 Å². The van der Waals surface area contributed by atoms with Gasteiger partial charge in [-0.2, -0.15) is 0 Å². The van der Waals surface area contributed by atoms with Crippen molar-refractivity contribution in [3.63, 3.8) is 0 Å². The first-order valence-electron chi connectivity index (χ1n) is 8.46. The van der Waals surface area contributed by atoms with Gasteiger partial charge in [-0.25, -0.2) is 14.8 Å². The Hall–Kier alpha value is -1.89. The molecule has 1 aromatic carbocycles. The predicted octanol–water partition coefficient (Wildman–Crippen LogP) is 4.20. The molecule has 2 aromatic rings. The second-order valence-electron chi connectivity index (χ2n) is 7.27. The zero-order valence-electron chi connectivity index (χ0n) is 14.8. The number of anilines is 1. The average Bonchev–Trinajstić information content (AvgIpc) is 2.54. The largest absolute Gasteiger partial charge is 0.444 e. The number of benzene rings is 1. The molecule has 25 heavy (non-hydrogen) atoms. The van der Waals surface area contributed by atoms with Gasteiger partial charge in [0, 0.05) is 29.0 Å². The fourth-order valence-electron chi connectivity index (χ4n) is 2.87. The Balaban J connectivity index is 1.63. The number of rotatable bonds is 2. The van der Waals surface area contributed by atoms with Crippen LogP contribution < -0.4 is 5.32 Å². The number of amides is 1. The predicted molar refractivity (Wildman–Crippen MR) is 102 cm³/mol. The number of ether oxygens (including phenoxy) is 1. The van der Waals surface area contributed by atoms with Gasteiger partial charge in [0.25, 0.3) is 0 Å². The van der Waals surface area contributed by atoms with Crippen molar-refractivity contribution in [2.75, 3.05) is 18.4 Å². The second-order valence-corrected chi connectivity index (χ2v) is 8.19. The lowest BCUT2D eigenvalue weighted by molar-refractivity contribution is 0.0210. The van der Waals surface area contributed by atoms with E-state index in [1.807, 2.05) is 39.0 Å². The van der Waals surface area contributed by atoms with Gasteiger partial charge in [-0.3, -0.25) is 0 Å². The van der Waals surface area contributed by atoms with Gasteiger partial charge >= 0.3 is 6.09 Å². The molecule has 1 aromatic heterocycles. The summed E-state index contributed by atoms with van der Waals surface area (Å²) in [4.78, 5) is 22.6. The fraction of sp³-hybridized carbons (Fsp3) is 0.500. The highest BCUT2D eigenvalue weighted by molar-refractivity contribution is 9.10. The molecular weight excluding hydrogens is 384 g/mol. The molecule has 0 aliphatic carbocycles. The van der Waals surface area contributed by atoms with Gasteiger partial charge < -0.3 is 15.0 Å². The van der Waals surface area contributed by atoms with Gasteiger partial charge in [0.1, 0.15) is 17.7 Å². The van der Waals surface area contributed by atoms with Gasteiger partial charge in [0.15, 0.2) is 0 Å². The van der Waals surface area contributed by atoms with Crippen LogP contribution in [-0.2, 0) is 4.74 Å². The maximum absolute atomic E-state index is 12.1. The SMILES string of the molecule is CC(C)(C)OC(=O)N1CCC(Nc2ncnc3ccc(Br)cc23)CC1. The lowest BCUT2D eigenvalue weighted by Crippen LogP contribution is -2.44. The number of aromatic nitrogens is 2. The second kappa shape index (κ2) is 7.15. The van der Waals surface area contributed by atoms with Crippen molar-refractivity contribution in [2.24, 2.45) is 0 Å². The van der Waals surface area contributed by atoms with Crippen molar-refractivity contribution in [1.29, 1.82) is 0 Å². The number of hydrogen-bond donors (Lipinski definition) is 1. The van der Waals surface area contributed by atoms with E-state index in [1.165, 1.54) is 0 Å². The van der Waals surface area contributed by atoms with Crippen LogP contribution >= 0.6 is 15.9 Å². The Kier molecular flexibility index (Phi) is 5.13. The first kappa shape index (κ1) is 17.9. The molecule has 1 fully saturated rings. The smallest absolute Gasteiger partial charge is 0.410 e. The van der Waals surface area contributed by atoms with E-state index in [0.29, 0.717) is 13.1 Å². The van der Waals surface area contributed by atoms with Gasteiger partial charge in [0.05, 0.1) is 5.52 Å². The first-order valence-corrected chi connectivity index (χ1v) is 9.26. The van der Waals surface area contributed by atoms with Crippen LogP contribution in [0.1, 0.15) is 33.6 Å². The van der Waals surface area contributed by atoms with Crippen LogP contribution in [0.5, 0.6) is 0 Å². The number of carbonyl (C=O) groups is 1. The summed E-state index contributed by atoms with van der Waals surface area (Å²) >= 11 is 3.50. The Morgan fingerprint density at radius 3 is 2.68 bits per heavy atom. The standard InChI is InChI=1S/C18H23BrN4O2/c1-18(2,3)25-17(24)23-8-6-13(7-9-23)22-16-14-10-12(19)4-5-15(14)20-11-21-16/h4-5,10-11,13H,6-9H2,1-3H3,(H,20,21,22). The minimum atomic E-state index is -0.459. The van der Waals surface area contributed by atoms with Crippen molar-refractivity contribution in [2.45, 2.75) is 45.3 Å². The summed E-state index contributed by atoms with van der Waals surface area (Å²) in [5.41, 5.74) is 0.450. The van der Waals surface area contributed by atoms with Gasteiger partial charge in [-0.05, 0) is 51.8 Å². The van der Waals surface area contributed by atoms with E-state index in [1.54, 1.807) is 11.2 Å². The quantitative estimate of drug-likeness (QED) is 0.808. The fourth-order valence-corrected chi connectivity index (χ4v) is 3.23. The Morgan fingerprint density at radius 2 is 2.00 bits per heavy atom. The first-order chi connectivity index (χ1) is 11.8. The average molecular weight is 407 g/mol. The molecule has 7 heteroatoms. The summed E-state index contributed by atoms with van der Waals surface area (Å²) in [6.07, 6.45) is 3.06. The molecule has 0 unspecified atom stereocenters. The zero-order chi connectivity index (χ0) is 18.0. The van der Waals surface area contributed by atoms with Crippen molar-refractivity contribution >= 4 is 38.7 Å². The summed E-state index contributed by atoms with van der Waals surface area (Å²) in [5.74, 6) is 0.835. The Morgan fingerprint density at radius 1 is 1.28 bits per heavy atom. The van der Waals surface area contributed by atoms with Crippen LogP contribution in [0, 0.1) is 0 Å². The molecule has 1 N–H and O–H groups in total. The van der Waals surface area contributed by atoms with Crippen molar-refractivity contribution < 1.29 is 9.53 Å². The van der Waals surface area contributed by atoms with Crippen molar-refractivity contribution in [1.82, 2.24) is 14.9 Å². The van der Waals surface area contributed by atoms with E-state index in [0.717, 1.165) is 34.0 Å². The van der Waals surface area contributed by atoms with Crippen LogP contribution in [0.4, 0.5) is 10.6 Å². The number of nitrogens with zero attached hydrogens (tertiary/aromatic N) is 3. The third kappa shape index (κ3) is 4.60. The molecule has 0 atom stereocenters. The van der Waals surface area contributed by atoms with Gasteiger partial charge in [0.2, 0.25) is 0 Å². The van der Waals surface area contributed by atoms with E-state index in [9.17, 15) is 4.79 Å². The zero-order valence-corrected chi connectivity index (χ0v) is 16.3. The number of halogens is 1. The van der Waals surface area contributed by atoms with E-state index in [2.05, 4.69) is 31.2 Å². The molecule has 1 aliphatic heterocycles. The van der Waals surface area contributed by atoms with Crippen molar-refractivity contribution in [3.8, 4) is 0 Å². The van der Waals surface area contributed by atoms with E-state index < -0.39 is 5.60 Å². The van der Waals surface area contributed by atoms with Crippen LogP contribution in [0.25, 0.3) is 10.9 Å². The summed E-state index contributed by atoms with van der Waals surface area (Å²) in [6, 6.07) is 6.24. The van der Waals surface area contributed by atoms with Gasteiger partial charge in [-0.15, -0.1) is 0 Å². The number of fused-ring (bicyclic) bond motifs is 1. The maximum Gasteiger partial charge on any atom is 0.410 e. The van der Waals surface area contributed by atoms with Gasteiger partial charge in [-0.1, -0.05) is 15.9 Å². The number of nitrogens with one attached hydrogen (secondary N) is 1. The molecule has 2 heterocycles. The monoisotopic (exact) mass is 406 g/mol. The third-order valence-corrected chi connectivity index (χ3v) is 4.58. The molecule has 1 aliphatic rings. The molecule has 0 spiro atoms. The van der Waals surface area contributed by atoms with Crippen LogP contribution in [0.2, 0.25) is 0 Å². The minimum Gasteiger partial charge on any atom is -0.444 e. The van der Waals surface area contributed by atoms with E-state index >= 15 is 0 Å². The molecule has 0 radical (unpaired) electrons. The highest BCUT2D eigenvalue weighted by Gasteiger charge is 2.27. The molecule has 1 amide bonds.